The number of amides is 2. The average Bonchev–Trinajstić information content (AvgIpc) is 3.22. The van der Waals surface area contributed by atoms with Gasteiger partial charge in [0.2, 0.25) is 5.91 Å². The number of phenols is 1. The van der Waals surface area contributed by atoms with E-state index in [0.29, 0.717) is 15.6 Å². The number of phenolic OH excluding ortho intramolecular Hbond substituents is 1. The Kier molecular flexibility index (Phi) is 3.85. The third-order valence-corrected chi connectivity index (χ3v) is 4.43. The highest BCUT2D eigenvalue weighted by molar-refractivity contribution is 7.18. The van der Waals surface area contributed by atoms with Gasteiger partial charge >= 0.3 is 0 Å². The maximum Gasteiger partial charge on any atom is 0.265 e. The number of aryl methyl sites for hydroxylation is 1. The Hall–Kier alpha value is -2.34. The van der Waals surface area contributed by atoms with Crippen LogP contribution in [0, 0.1) is 12.8 Å². The fourth-order valence-corrected chi connectivity index (χ4v) is 2.83. The van der Waals surface area contributed by atoms with E-state index in [9.17, 15) is 14.7 Å². The topological polar surface area (TPSA) is 78.4 Å². The molecule has 0 unspecified atom stereocenters. The molecule has 0 atom stereocenters. The average molecular weight is 316 g/mol. The fourth-order valence-electron chi connectivity index (χ4n) is 2.03. The molecule has 0 bridgehead atoms. The van der Waals surface area contributed by atoms with Gasteiger partial charge in [-0.15, -0.1) is 11.3 Å². The highest BCUT2D eigenvalue weighted by Gasteiger charge is 2.29. The number of aromatic hydroxyl groups is 1. The smallest absolute Gasteiger partial charge is 0.265 e. The maximum atomic E-state index is 12.2. The zero-order chi connectivity index (χ0) is 15.7. The molecule has 1 aliphatic rings. The quantitative estimate of drug-likeness (QED) is 0.757. The highest BCUT2D eigenvalue weighted by atomic mass is 32.1. The fraction of sp³-hybridized carbons (Fsp3) is 0.250. The van der Waals surface area contributed by atoms with Crippen LogP contribution in [-0.2, 0) is 4.79 Å². The molecule has 3 N–H and O–H groups in total. The van der Waals surface area contributed by atoms with Crippen LogP contribution >= 0.6 is 11.3 Å². The van der Waals surface area contributed by atoms with Crippen LogP contribution in [0.2, 0.25) is 0 Å². The lowest BCUT2D eigenvalue weighted by molar-refractivity contribution is -0.117. The molecule has 1 aromatic heterocycles. The van der Waals surface area contributed by atoms with Crippen LogP contribution in [-0.4, -0.2) is 16.9 Å². The van der Waals surface area contributed by atoms with Crippen LogP contribution < -0.4 is 10.6 Å². The first-order chi connectivity index (χ1) is 10.5. The lowest BCUT2D eigenvalue weighted by atomic mass is 10.2. The summed E-state index contributed by atoms with van der Waals surface area (Å²) in [5.41, 5.74) is 1.28. The summed E-state index contributed by atoms with van der Waals surface area (Å²) < 4.78 is 0. The Morgan fingerprint density at radius 1 is 1.18 bits per heavy atom. The number of benzene rings is 1. The largest absolute Gasteiger partial charge is 0.506 e. The summed E-state index contributed by atoms with van der Waals surface area (Å²) in [7, 11) is 0. The summed E-state index contributed by atoms with van der Waals surface area (Å²) in [4.78, 5) is 24.3. The van der Waals surface area contributed by atoms with Crippen molar-refractivity contribution in [2.45, 2.75) is 19.8 Å². The van der Waals surface area contributed by atoms with Gasteiger partial charge in [0.1, 0.15) is 5.75 Å². The van der Waals surface area contributed by atoms with E-state index in [-0.39, 0.29) is 23.5 Å². The summed E-state index contributed by atoms with van der Waals surface area (Å²) in [6.07, 6.45) is 1.88. The molecule has 3 rings (SSSR count). The Labute approximate surface area is 132 Å². The Bertz CT molecular complexity index is 735. The minimum Gasteiger partial charge on any atom is -0.506 e. The van der Waals surface area contributed by atoms with E-state index in [1.807, 2.05) is 13.0 Å². The first-order valence-electron chi connectivity index (χ1n) is 7.04. The standard InChI is InChI=1S/C16H16N2O3S/c1-9-2-5-11(12(19)8-9)17-16(21)13-6-7-14(22-13)18-15(20)10-3-4-10/h2,5-8,10,19H,3-4H2,1H3,(H,17,21)(H,18,20). The molecule has 2 amide bonds. The van der Waals surface area contributed by atoms with Crippen LogP contribution in [0.15, 0.2) is 30.3 Å². The molecule has 22 heavy (non-hydrogen) atoms. The van der Waals surface area contributed by atoms with Crippen molar-refractivity contribution >= 4 is 33.8 Å². The van der Waals surface area contributed by atoms with Crippen LogP contribution in [0.4, 0.5) is 10.7 Å². The molecule has 1 fully saturated rings. The van der Waals surface area contributed by atoms with Gasteiger partial charge < -0.3 is 15.7 Å². The second-order valence-electron chi connectivity index (χ2n) is 5.40. The van der Waals surface area contributed by atoms with Gasteiger partial charge in [-0.05, 0) is 49.6 Å². The van der Waals surface area contributed by atoms with E-state index < -0.39 is 0 Å². The van der Waals surface area contributed by atoms with Gasteiger partial charge in [-0.25, -0.2) is 0 Å². The lowest BCUT2D eigenvalue weighted by Gasteiger charge is -2.06. The summed E-state index contributed by atoms with van der Waals surface area (Å²) in [6.45, 7) is 1.86. The van der Waals surface area contributed by atoms with Crippen LogP contribution in [0.3, 0.4) is 0 Å². The first kappa shape index (κ1) is 14.6. The van der Waals surface area contributed by atoms with E-state index in [1.165, 1.54) is 11.3 Å². The van der Waals surface area contributed by atoms with Crippen LogP contribution in [0.5, 0.6) is 5.75 Å². The summed E-state index contributed by atoms with van der Waals surface area (Å²) in [6, 6.07) is 8.44. The molecule has 1 aromatic carbocycles. The zero-order valence-electron chi connectivity index (χ0n) is 12.1. The van der Waals surface area contributed by atoms with Crippen molar-refractivity contribution in [3.8, 4) is 5.75 Å². The lowest BCUT2D eigenvalue weighted by Crippen LogP contribution is -2.12. The molecule has 2 aromatic rings. The van der Waals surface area contributed by atoms with Crippen molar-refractivity contribution in [3.63, 3.8) is 0 Å². The number of rotatable bonds is 4. The monoisotopic (exact) mass is 316 g/mol. The number of thiophene rings is 1. The van der Waals surface area contributed by atoms with Crippen molar-refractivity contribution in [1.82, 2.24) is 0 Å². The number of carbonyl (C=O) groups is 2. The van der Waals surface area contributed by atoms with Crippen molar-refractivity contribution in [1.29, 1.82) is 0 Å². The van der Waals surface area contributed by atoms with Gasteiger partial charge in [0.05, 0.1) is 15.6 Å². The summed E-state index contributed by atoms with van der Waals surface area (Å²) in [5, 5.41) is 15.9. The van der Waals surface area contributed by atoms with Gasteiger partial charge in [-0.2, -0.15) is 0 Å². The highest BCUT2D eigenvalue weighted by Crippen LogP contribution is 2.32. The molecule has 0 radical (unpaired) electrons. The Morgan fingerprint density at radius 2 is 1.95 bits per heavy atom. The third kappa shape index (κ3) is 3.28. The second kappa shape index (κ2) is 5.81. The first-order valence-corrected chi connectivity index (χ1v) is 7.86. The van der Waals surface area contributed by atoms with Gasteiger partial charge in [0, 0.05) is 5.92 Å². The maximum absolute atomic E-state index is 12.2. The van der Waals surface area contributed by atoms with Crippen molar-refractivity contribution < 1.29 is 14.7 Å². The molecular weight excluding hydrogens is 300 g/mol. The molecular formula is C16H16N2O3S. The van der Waals surface area contributed by atoms with Crippen molar-refractivity contribution in [2.75, 3.05) is 10.6 Å². The number of nitrogens with one attached hydrogen (secondary N) is 2. The van der Waals surface area contributed by atoms with E-state index >= 15 is 0 Å². The number of anilines is 2. The van der Waals surface area contributed by atoms with E-state index in [1.54, 1.807) is 24.3 Å². The van der Waals surface area contributed by atoms with E-state index in [4.69, 9.17) is 0 Å². The normalized spacial score (nSPS) is 13.7. The summed E-state index contributed by atoms with van der Waals surface area (Å²) in [5.74, 6) is -0.128. The molecule has 1 aliphatic carbocycles. The molecule has 0 aliphatic heterocycles. The Balaban J connectivity index is 1.67. The number of carbonyl (C=O) groups excluding carboxylic acids is 2. The van der Waals surface area contributed by atoms with Gasteiger partial charge in [0.15, 0.2) is 0 Å². The van der Waals surface area contributed by atoms with Gasteiger partial charge in [-0.1, -0.05) is 6.07 Å². The van der Waals surface area contributed by atoms with Crippen molar-refractivity contribution in [2.24, 2.45) is 5.92 Å². The number of hydrogen-bond acceptors (Lipinski definition) is 4. The molecule has 0 spiro atoms. The van der Waals surface area contributed by atoms with Crippen LogP contribution in [0.25, 0.3) is 0 Å². The molecule has 1 saturated carbocycles. The second-order valence-corrected chi connectivity index (χ2v) is 6.49. The molecule has 5 nitrogen and oxygen atoms in total. The Morgan fingerprint density at radius 3 is 2.64 bits per heavy atom. The minimum atomic E-state index is -0.309. The SMILES string of the molecule is Cc1ccc(NC(=O)c2ccc(NC(=O)C3CC3)s2)c(O)c1. The predicted octanol–water partition coefficient (Wildman–Crippen LogP) is 3.36. The predicted molar refractivity (Wildman–Crippen MR) is 86.5 cm³/mol. The minimum absolute atomic E-state index is 0.0185. The van der Waals surface area contributed by atoms with E-state index in [2.05, 4.69) is 10.6 Å². The van der Waals surface area contributed by atoms with Gasteiger partial charge in [-0.3, -0.25) is 9.59 Å². The zero-order valence-corrected chi connectivity index (χ0v) is 12.9. The van der Waals surface area contributed by atoms with Gasteiger partial charge in [0.25, 0.3) is 5.91 Å². The molecule has 114 valence electrons. The molecule has 1 heterocycles. The number of hydrogen-bond donors (Lipinski definition) is 3. The molecule has 6 heteroatoms. The third-order valence-electron chi connectivity index (χ3n) is 3.43. The molecule has 0 saturated heterocycles. The van der Waals surface area contributed by atoms with E-state index in [0.717, 1.165) is 18.4 Å². The van der Waals surface area contributed by atoms with Crippen molar-refractivity contribution in [3.05, 3.63) is 40.8 Å². The van der Waals surface area contributed by atoms with Crippen LogP contribution in [0.1, 0.15) is 28.1 Å². The summed E-state index contributed by atoms with van der Waals surface area (Å²) >= 11 is 1.22.